The van der Waals surface area contributed by atoms with Crippen molar-refractivity contribution in [2.45, 2.75) is 33.9 Å². The largest absolute Gasteiger partial charge is 0.380 e. The summed E-state index contributed by atoms with van der Waals surface area (Å²) >= 11 is 0. The van der Waals surface area contributed by atoms with Gasteiger partial charge in [-0.25, -0.2) is 9.97 Å². The second kappa shape index (κ2) is 9.98. The SMILES string of the molecule is CCNc1cc2ncnc(NCc3ccccc3CN(CC)CC)c2cc1[N+](=O)[O-]. The zero-order chi connectivity index (χ0) is 21.5. The zero-order valence-electron chi connectivity index (χ0n) is 17.7. The highest BCUT2D eigenvalue weighted by Crippen LogP contribution is 2.32. The molecule has 0 aliphatic carbocycles. The summed E-state index contributed by atoms with van der Waals surface area (Å²) in [7, 11) is 0. The van der Waals surface area contributed by atoms with Gasteiger partial charge in [0.1, 0.15) is 17.8 Å². The molecule has 0 radical (unpaired) electrons. The van der Waals surface area contributed by atoms with Crippen LogP contribution in [0.25, 0.3) is 10.9 Å². The van der Waals surface area contributed by atoms with E-state index in [1.807, 2.05) is 19.1 Å². The Bertz CT molecular complexity index is 1020. The molecule has 8 heteroatoms. The third-order valence-electron chi connectivity index (χ3n) is 5.17. The average Bonchev–Trinajstić information content (AvgIpc) is 2.76. The highest BCUT2D eigenvalue weighted by Gasteiger charge is 2.17. The summed E-state index contributed by atoms with van der Waals surface area (Å²) in [6, 6.07) is 11.6. The van der Waals surface area contributed by atoms with Crippen LogP contribution in [0.5, 0.6) is 0 Å². The first-order chi connectivity index (χ1) is 14.6. The third-order valence-corrected chi connectivity index (χ3v) is 5.17. The van der Waals surface area contributed by atoms with Gasteiger partial charge in [0.2, 0.25) is 0 Å². The van der Waals surface area contributed by atoms with Gasteiger partial charge in [-0.15, -0.1) is 0 Å². The van der Waals surface area contributed by atoms with Gasteiger partial charge in [0.25, 0.3) is 5.69 Å². The monoisotopic (exact) mass is 408 g/mol. The highest BCUT2D eigenvalue weighted by atomic mass is 16.6. The number of nitrogens with one attached hydrogen (secondary N) is 2. The van der Waals surface area contributed by atoms with Crippen molar-refractivity contribution in [3.05, 3.63) is 64.0 Å². The lowest BCUT2D eigenvalue weighted by Crippen LogP contribution is -2.23. The van der Waals surface area contributed by atoms with Gasteiger partial charge in [0.15, 0.2) is 0 Å². The molecule has 0 spiro atoms. The van der Waals surface area contributed by atoms with Gasteiger partial charge in [-0.2, -0.15) is 0 Å². The molecule has 2 aromatic carbocycles. The molecule has 0 fully saturated rings. The lowest BCUT2D eigenvalue weighted by Gasteiger charge is -2.20. The standard InChI is InChI=1S/C22H28N6O2/c1-4-23-20-12-19-18(11-21(20)28(29)30)22(26-15-25-19)24-13-16-9-7-8-10-17(16)14-27(5-2)6-3/h7-12,15,23H,4-6,13-14H2,1-3H3,(H,24,25,26). The van der Waals surface area contributed by atoms with Crippen molar-refractivity contribution >= 4 is 28.1 Å². The predicted octanol–water partition coefficient (Wildman–Crippen LogP) is 4.42. The quantitative estimate of drug-likeness (QED) is 0.378. The van der Waals surface area contributed by atoms with Gasteiger partial charge >= 0.3 is 0 Å². The van der Waals surface area contributed by atoms with Crippen LogP contribution in [0.3, 0.4) is 0 Å². The van der Waals surface area contributed by atoms with E-state index in [4.69, 9.17) is 0 Å². The molecule has 30 heavy (non-hydrogen) atoms. The van der Waals surface area contributed by atoms with Crippen LogP contribution in [0.15, 0.2) is 42.7 Å². The van der Waals surface area contributed by atoms with Crippen molar-refractivity contribution in [1.82, 2.24) is 14.9 Å². The van der Waals surface area contributed by atoms with Crippen molar-refractivity contribution in [3.8, 4) is 0 Å². The van der Waals surface area contributed by atoms with Crippen LogP contribution in [-0.4, -0.2) is 39.4 Å². The number of fused-ring (bicyclic) bond motifs is 1. The number of nitro groups is 1. The summed E-state index contributed by atoms with van der Waals surface area (Å²) in [6.45, 7) is 10.2. The maximum Gasteiger partial charge on any atom is 0.293 e. The lowest BCUT2D eigenvalue weighted by atomic mass is 10.1. The Morgan fingerprint density at radius 1 is 1.03 bits per heavy atom. The van der Waals surface area contributed by atoms with E-state index in [2.05, 4.69) is 51.5 Å². The lowest BCUT2D eigenvalue weighted by molar-refractivity contribution is -0.383. The number of benzene rings is 2. The molecule has 0 bridgehead atoms. The molecule has 0 atom stereocenters. The summed E-state index contributed by atoms with van der Waals surface area (Å²) in [6.07, 6.45) is 1.48. The average molecular weight is 409 g/mol. The van der Waals surface area contributed by atoms with Crippen molar-refractivity contribution in [3.63, 3.8) is 0 Å². The highest BCUT2D eigenvalue weighted by molar-refractivity contribution is 5.94. The first kappa shape index (κ1) is 21.4. The maximum absolute atomic E-state index is 11.5. The van der Waals surface area contributed by atoms with Crippen molar-refractivity contribution in [2.75, 3.05) is 30.3 Å². The minimum atomic E-state index is -0.381. The Hall–Kier alpha value is -3.26. The predicted molar refractivity (Wildman–Crippen MR) is 121 cm³/mol. The fourth-order valence-electron chi connectivity index (χ4n) is 3.47. The smallest absolute Gasteiger partial charge is 0.293 e. The number of nitro benzene ring substituents is 1. The molecule has 3 rings (SSSR count). The topological polar surface area (TPSA) is 96.2 Å². The van der Waals surface area contributed by atoms with Gasteiger partial charge in [-0.3, -0.25) is 15.0 Å². The van der Waals surface area contributed by atoms with Crippen molar-refractivity contribution < 1.29 is 4.92 Å². The fourth-order valence-corrected chi connectivity index (χ4v) is 3.47. The summed E-state index contributed by atoms with van der Waals surface area (Å²) < 4.78 is 0. The number of nitrogens with zero attached hydrogens (tertiary/aromatic N) is 4. The molecule has 8 nitrogen and oxygen atoms in total. The molecule has 0 unspecified atom stereocenters. The first-order valence-corrected chi connectivity index (χ1v) is 10.3. The van der Waals surface area contributed by atoms with E-state index in [1.54, 1.807) is 6.07 Å². The number of rotatable bonds is 10. The van der Waals surface area contributed by atoms with Gasteiger partial charge in [0, 0.05) is 31.1 Å². The number of hydrogen-bond donors (Lipinski definition) is 2. The minimum absolute atomic E-state index is 0.0177. The van der Waals surface area contributed by atoms with E-state index in [1.165, 1.54) is 23.5 Å². The summed E-state index contributed by atoms with van der Waals surface area (Å²) in [5.74, 6) is 0.587. The second-order valence-corrected chi connectivity index (χ2v) is 6.98. The molecule has 1 aromatic heterocycles. The van der Waals surface area contributed by atoms with Gasteiger partial charge < -0.3 is 10.6 Å². The molecule has 1 heterocycles. The normalized spacial score (nSPS) is 11.1. The van der Waals surface area contributed by atoms with Crippen LogP contribution >= 0.6 is 0 Å². The number of anilines is 2. The third kappa shape index (κ3) is 4.83. The Morgan fingerprint density at radius 3 is 2.43 bits per heavy atom. The van der Waals surface area contributed by atoms with E-state index in [0.29, 0.717) is 35.5 Å². The molecular weight excluding hydrogens is 380 g/mol. The zero-order valence-corrected chi connectivity index (χ0v) is 17.7. The number of hydrogen-bond acceptors (Lipinski definition) is 7. The van der Waals surface area contributed by atoms with Crippen molar-refractivity contribution in [1.29, 1.82) is 0 Å². The first-order valence-electron chi connectivity index (χ1n) is 10.3. The van der Waals surface area contributed by atoms with E-state index in [9.17, 15) is 10.1 Å². The van der Waals surface area contributed by atoms with Crippen LogP contribution in [0.4, 0.5) is 17.2 Å². The molecule has 2 N–H and O–H groups in total. The van der Waals surface area contributed by atoms with Crippen LogP contribution < -0.4 is 10.6 Å². The Morgan fingerprint density at radius 2 is 1.77 bits per heavy atom. The minimum Gasteiger partial charge on any atom is -0.380 e. The summed E-state index contributed by atoms with van der Waals surface area (Å²) in [5.41, 5.74) is 3.57. The molecule has 0 amide bonds. The van der Waals surface area contributed by atoms with Crippen molar-refractivity contribution in [2.24, 2.45) is 0 Å². The molecule has 0 aliphatic heterocycles. The summed E-state index contributed by atoms with van der Waals surface area (Å²) in [4.78, 5) is 22.2. The number of aromatic nitrogens is 2. The van der Waals surface area contributed by atoms with Crippen LogP contribution in [-0.2, 0) is 13.1 Å². The van der Waals surface area contributed by atoms with Crippen LogP contribution in [0.2, 0.25) is 0 Å². The Labute approximate surface area is 176 Å². The van der Waals surface area contributed by atoms with E-state index in [0.717, 1.165) is 19.6 Å². The molecule has 3 aromatic rings. The molecule has 0 aliphatic rings. The van der Waals surface area contributed by atoms with Crippen LogP contribution in [0.1, 0.15) is 31.9 Å². The Kier molecular flexibility index (Phi) is 7.13. The molecule has 158 valence electrons. The van der Waals surface area contributed by atoms with E-state index < -0.39 is 0 Å². The van der Waals surface area contributed by atoms with E-state index >= 15 is 0 Å². The molecule has 0 saturated heterocycles. The van der Waals surface area contributed by atoms with Crippen LogP contribution in [0, 0.1) is 10.1 Å². The maximum atomic E-state index is 11.5. The Balaban J connectivity index is 1.90. The molecular formula is C22H28N6O2. The summed E-state index contributed by atoms with van der Waals surface area (Å²) in [5, 5.41) is 18.6. The fraction of sp³-hybridized carbons (Fsp3) is 0.364. The van der Waals surface area contributed by atoms with Gasteiger partial charge in [0.05, 0.1) is 10.4 Å². The van der Waals surface area contributed by atoms with Gasteiger partial charge in [-0.05, 0) is 37.2 Å². The van der Waals surface area contributed by atoms with E-state index in [-0.39, 0.29) is 10.6 Å². The second-order valence-electron chi connectivity index (χ2n) is 6.98. The molecule has 0 saturated carbocycles. The van der Waals surface area contributed by atoms with Gasteiger partial charge in [-0.1, -0.05) is 38.1 Å².